The Balaban J connectivity index is 1.39. The number of para-hydroxylation sites is 1. The lowest BCUT2D eigenvalue weighted by Gasteiger charge is -2.30. The molecule has 0 amide bonds. The fourth-order valence-electron chi connectivity index (χ4n) is 3.59. The van der Waals surface area contributed by atoms with Crippen molar-refractivity contribution in [1.29, 1.82) is 0 Å². The third-order valence-electron chi connectivity index (χ3n) is 5.06. The molecule has 3 aromatic rings. The quantitative estimate of drug-likeness (QED) is 0.400. The highest BCUT2D eigenvalue weighted by atomic mass is 32.1. The number of nitro benzene ring substituents is 1. The van der Waals surface area contributed by atoms with Gasteiger partial charge in [-0.2, -0.15) is 0 Å². The Labute approximate surface area is 174 Å². The lowest BCUT2D eigenvalue weighted by Crippen LogP contribution is -2.32. The SMILES string of the molecule is O=[N+]([O-])c1cc(CN2CCC(c3nc(-c4ccccc4[N+](=O)[O-])cs3)CC2)cs1. The monoisotopic (exact) mass is 430 g/mol. The number of thiophene rings is 1. The molecule has 1 fully saturated rings. The van der Waals surface area contributed by atoms with Gasteiger partial charge < -0.3 is 0 Å². The summed E-state index contributed by atoms with van der Waals surface area (Å²) >= 11 is 2.72. The molecule has 0 bridgehead atoms. The molecule has 29 heavy (non-hydrogen) atoms. The van der Waals surface area contributed by atoms with Crippen LogP contribution in [0.15, 0.2) is 41.1 Å². The first-order valence-corrected chi connectivity index (χ1v) is 10.9. The number of aromatic nitrogens is 1. The summed E-state index contributed by atoms with van der Waals surface area (Å²) in [6, 6.07) is 8.33. The first-order valence-electron chi connectivity index (χ1n) is 9.14. The molecule has 0 aliphatic carbocycles. The van der Waals surface area contributed by atoms with Crippen LogP contribution in [0.4, 0.5) is 10.7 Å². The van der Waals surface area contributed by atoms with E-state index < -0.39 is 0 Å². The lowest BCUT2D eigenvalue weighted by molar-refractivity contribution is -0.384. The summed E-state index contributed by atoms with van der Waals surface area (Å²) in [6.45, 7) is 2.51. The van der Waals surface area contributed by atoms with Crippen molar-refractivity contribution in [3.05, 3.63) is 71.9 Å². The van der Waals surface area contributed by atoms with E-state index in [0.717, 1.165) is 43.0 Å². The maximum absolute atomic E-state index is 11.3. The Bertz CT molecular complexity index is 1040. The summed E-state index contributed by atoms with van der Waals surface area (Å²) in [5.41, 5.74) is 2.26. The van der Waals surface area contributed by atoms with Gasteiger partial charge in [0.15, 0.2) is 0 Å². The molecule has 0 unspecified atom stereocenters. The van der Waals surface area contributed by atoms with Gasteiger partial charge in [0.25, 0.3) is 5.69 Å². The molecule has 2 aromatic heterocycles. The van der Waals surface area contributed by atoms with E-state index in [0.29, 0.717) is 17.2 Å². The summed E-state index contributed by atoms with van der Waals surface area (Å²) in [5.74, 6) is 0.338. The van der Waals surface area contributed by atoms with Crippen LogP contribution in [-0.4, -0.2) is 32.8 Å². The predicted molar refractivity (Wildman–Crippen MR) is 112 cm³/mol. The number of likely N-dealkylation sites (tertiary alicyclic amines) is 1. The van der Waals surface area contributed by atoms with Crippen LogP contribution in [0.5, 0.6) is 0 Å². The van der Waals surface area contributed by atoms with E-state index in [1.165, 1.54) is 17.4 Å². The third-order valence-corrected chi connectivity index (χ3v) is 7.00. The maximum atomic E-state index is 11.3. The normalized spacial score (nSPS) is 15.4. The lowest BCUT2D eigenvalue weighted by atomic mass is 9.97. The molecule has 3 heterocycles. The number of hydrogen-bond donors (Lipinski definition) is 0. The van der Waals surface area contributed by atoms with Crippen LogP contribution in [0.2, 0.25) is 0 Å². The van der Waals surface area contributed by atoms with Crippen LogP contribution in [0.3, 0.4) is 0 Å². The highest BCUT2D eigenvalue weighted by Crippen LogP contribution is 2.36. The number of thiazole rings is 1. The van der Waals surface area contributed by atoms with Crippen molar-refractivity contribution in [3.63, 3.8) is 0 Å². The van der Waals surface area contributed by atoms with E-state index in [2.05, 4.69) is 4.90 Å². The summed E-state index contributed by atoms with van der Waals surface area (Å²) in [6.07, 6.45) is 1.91. The second-order valence-electron chi connectivity index (χ2n) is 6.95. The average Bonchev–Trinajstić information content (AvgIpc) is 3.38. The number of benzene rings is 1. The number of rotatable bonds is 6. The minimum atomic E-state index is -0.373. The predicted octanol–water partition coefficient (Wildman–Crippen LogP) is 5.07. The Morgan fingerprint density at radius 3 is 2.52 bits per heavy atom. The van der Waals surface area contributed by atoms with Crippen molar-refractivity contribution in [1.82, 2.24) is 9.88 Å². The largest absolute Gasteiger partial charge is 0.324 e. The fourth-order valence-corrected chi connectivity index (χ4v) is 5.30. The van der Waals surface area contributed by atoms with Gasteiger partial charge in [-0.15, -0.1) is 11.3 Å². The number of hydrogen-bond acceptors (Lipinski definition) is 8. The second kappa shape index (κ2) is 8.36. The van der Waals surface area contributed by atoms with Gasteiger partial charge in [-0.05, 0) is 37.6 Å². The van der Waals surface area contributed by atoms with Gasteiger partial charge in [0.2, 0.25) is 0 Å². The summed E-state index contributed by atoms with van der Waals surface area (Å²) in [7, 11) is 0. The molecule has 1 aromatic carbocycles. The summed E-state index contributed by atoms with van der Waals surface area (Å²) < 4.78 is 0. The smallest absolute Gasteiger partial charge is 0.299 e. The molecule has 8 nitrogen and oxygen atoms in total. The molecule has 0 radical (unpaired) electrons. The standard InChI is InChI=1S/C19H18N4O4S2/c24-22(25)17-4-2-1-3-15(17)16-12-29-19(20-16)14-5-7-21(8-6-14)10-13-9-18(23(26)27)28-11-13/h1-4,9,11-12,14H,5-8,10H2. The molecule has 150 valence electrons. The summed E-state index contributed by atoms with van der Waals surface area (Å²) in [5, 5.41) is 27.0. The van der Waals surface area contributed by atoms with Gasteiger partial charge in [-0.1, -0.05) is 23.5 Å². The molecule has 1 aliphatic rings. The maximum Gasteiger partial charge on any atom is 0.324 e. The van der Waals surface area contributed by atoms with E-state index in [-0.39, 0.29) is 20.5 Å². The van der Waals surface area contributed by atoms with Crippen molar-refractivity contribution < 1.29 is 9.85 Å². The molecule has 4 rings (SSSR count). The topological polar surface area (TPSA) is 102 Å². The third kappa shape index (κ3) is 4.34. The van der Waals surface area contributed by atoms with E-state index in [9.17, 15) is 20.2 Å². The highest BCUT2D eigenvalue weighted by Gasteiger charge is 2.25. The zero-order chi connectivity index (χ0) is 20.4. The number of nitrogens with zero attached hydrogens (tertiary/aromatic N) is 4. The van der Waals surface area contributed by atoms with E-state index in [4.69, 9.17) is 4.98 Å². The Kier molecular flexibility index (Phi) is 5.65. The molecule has 1 aliphatic heterocycles. The molecular weight excluding hydrogens is 412 g/mol. The van der Waals surface area contributed by atoms with Crippen LogP contribution in [0.1, 0.15) is 29.3 Å². The van der Waals surface area contributed by atoms with Gasteiger partial charge in [0, 0.05) is 35.4 Å². The zero-order valence-electron chi connectivity index (χ0n) is 15.4. The van der Waals surface area contributed by atoms with E-state index >= 15 is 0 Å². The fraction of sp³-hybridized carbons (Fsp3) is 0.316. The van der Waals surface area contributed by atoms with Crippen molar-refractivity contribution in [2.24, 2.45) is 0 Å². The van der Waals surface area contributed by atoms with Gasteiger partial charge in [-0.25, -0.2) is 4.98 Å². The molecule has 1 saturated heterocycles. The molecule has 0 saturated carbocycles. The van der Waals surface area contributed by atoms with E-state index in [1.54, 1.807) is 35.6 Å². The molecule has 10 heteroatoms. The molecular formula is C19H18N4O4S2. The van der Waals surface area contributed by atoms with Crippen molar-refractivity contribution >= 4 is 33.4 Å². The van der Waals surface area contributed by atoms with Crippen molar-refractivity contribution in [2.75, 3.05) is 13.1 Å². The van der Waals surface area contributed by atoms with Crippen LogP contribution in [-0.2, 0) is 6.54 Å². The molecule has 0 N–H and O–H groups in total. The van der Waals surface area contributed by atoms with Crippen molar-refractivity contribution in [2.45, 2.75) is 25.3 Å². The Morgan fingerprint density at radius 1 is 1.07 bits per heavy atom. The molecule has 0 atom stereocenters. The Hall–Kier alpha value is -2.69. The van der Waals surface area contributed by atoms with Crippen molar-refractivity contribution in [3.8, 4) is 11.3 Å². The van der Waals surface area contributed by atoms with Gasteiger partial charge >= 0.3 is 5.00 Å². The number of nitro groups is 2. The van der Waals surface area contributed by atoms with Gasteiger partial charge in [-0.3, -0.25) is 25.1 Å². The Morgan fingerprint density at radius 2 is 1.83 bits per heavy atom. The summed E-state index contributed by atoms with van der Waals surface area (Å²) in [4.78, 5) is 28.4. The van der Waals surface area contributed by atoms with Gasteiger partial charge in [0.1, 0.15) is 0 Å². The zero-order valence-corrected chi connectivity index (χ0v) is 17.0. The minimum Gasteiger partial charge on any atom is -0.299 e. The van der Waals surface area contributed by atoms with Crippen LogP contribution in [0, 0.1) is 20.2 Å². The van der Waals surface area contributed by atoms with Gasteiger partial charge in [0.05, 0.1) is 26.1 Å². The second-order valence-corrected chi connectivity index (χ2v) is 8.73. The number of piperidine rings is 1. The first kappa shape index (κ1) is 19.6. The van der Waals surface area contributed by atoms with E-state index in [1.807, 2.05) is 10.8 Å². The van der Waals surface area contributed by atoms with Crippen LogP contribution >= 0.6 is 22.7 Å². The average molecular weight is 431 g/mol. The first-order chi connectivity index (χ1) is 14.0. The van der Waals surface area contributed by atoms with Crippen LogP contribution < -0.4 is 0 Å². The highest BCUT2D eigenvalue weighted by molar-refractivity contribution is 7.13. The van der Waals surface area contributed by atoms with Crippen LogP contribution in [0.25, 0.3) is 11.3 Å². The minimum absolute atomic E-state index is 0.0732. The molecule has 0 spiro atoms.